The van der Waals surface area contributed by atoms with Crippen molar-refractivity contribution < 1.29 is 9.47 Å². The Morgan fingerprint density at radius 2 is 1.70 bits per heavy atom. The largest absolute Gasteiger partial charge is 0.491 e. The van der Waals surface area contributed by atoms with Crippen molar-refractivity contribution in [3.8, 4) is 5.75 Å². The zero-order valence-corrected chi connectivity index (χ0v) is 12.0. The summed E-state index contributed by atoms with van der Waals surface area (Å²) in [5, 5.41) is 0. The van der Waals surface area contributed by atoms with Gasteiger partial charge in [0.15, 0.2) is 0 Å². The maximum Gasteiger partial charge on any atom is 0.119 e. The van der Waals surface area contributed by atoms with E-state index in [9.17, 15) is 0 Å². The van der Waals surface area contributed by atoms with Crippen molar-refractivity contribution in [2.24, 2.45) is 0 Å². The lowest BCUT2D eigenvalue weighted by atomic mass is 10.2. The van der Waals surface area contributed by atoms with Gasteiger partial charge in [-0.05, 0) is 42.0 Å². The van der Waals surface area contributed by atoms with Gasteiger partial charge in [-0.3, -0.25) is 4.98 Å². The summed E-state index contributed by atoms with van der Waals surface area (Å²) in [5.41, 5.74) is 2.39. The summed E-state index contributed by atoms with van der Waals surface area (Å²) < 4.78 is 10.5. The van der Waals surface area contributed by atoms with Crippen LogP contribution in [0.1, 0.15) is 5.56 Å². The number of ether oxygens (including phenoxy) is 2. The van der Waals surface area contributed by atoms with Gasteiger partial charge in [0.2, 0.25) is 0 Å². The fourth-order valence-electron chi connectivity index (χ4n) is 1.89. The van der Waals surface area contributed by atoms with Crippen molar-refractivity contribution in [2.75, 3.05) is 32.3 Å². The van der Waals surface area contributed by atoms with Crippen LogP contribution in [0.2, 0.25) is 0 Å². The highest BCUT2D eigenvalue weighted by molar-refractivity contribution is 5.48. The molecule has 4 nitrogen and oxygen atoms in total. The Hall–Kier alpha value is -2.07. The van der Waals surface area contributed by atoms with Gasteiger partial charge >= 0.3 is 0 Å². The number of hydrogen-bond acceptors (Lipinski definition) is 4. The minimum absolute atomic E-state index is 0.572. The molecular formula is C16H20N2O2. The van der Waals surface area contributed by atoms with E-state index in [-0.39, 0.29) is 0 Å². The molecule has 0 aliphatic heterocycles. The van der Waals surface area contributed by atoms with Gasteiger partial charge in [-0.25, -0.2) is 0 Å². The lowest BCUT2D eigenvalue weighted by Crippen LogP contribution is -2.16. The van der Waals surface area contributed by atoms with Crippen LogP contribution in [0.5, 0.6) is 5.75 Å². The summed E-state index contributed by atoms with van der Waals surface area (Å²) in [4.78, 5) is 6.22. The molecule has 0 unspecified atom stereocenters. The van der Waals surface area contributed by atoms with Gasteiger partial charge in [0.05, 0.1) is 6.61 Å². The first kappa shape index (κ1) is 14.3. The molecule has 0 radical (unpaired) electrons. The fourth-order valence-corrected chi connectivity index (χ4v) is 1.89. The van der Waals surface area contributed by atoms with Crippen molar-refractivity contribution in [3.05, 3.63) is 54.4 Å². The molecule has 0 aliphatic rings. The molecular weight excluding hydrogens is 252 g/mol. The number of anilines is 1. The highest BCUT2D eigenvalue weighted by atomic mass is 16.5. The van der Waals surface area contributed by atoms with E-state index in [0.717, 1.165) is 18.0 Å². The molecule has 0 N–H and O–H groups in total. The molecule has 0 atom stereocenters. The molecule has 20 heavy (non-hydrogen) atoms. The Balaban J connectivity index is 1.92. The van der Waals surface area contributed by atoms with Crippen molar-refractivity contribution in [3.63, 3.8) is 0 Å². The second kappa shape index (κ2) is 7.50. The molecule has 1 aromatic carbocycles. The molecule has 0 saturated carbocycles. The van der Waals surface area contributed by atoms with Gasteiger partial charge in [0.1, 0.15) is 12.4 Å². The molecule has 0 aliphatic carbocycles. The third-order valence-corrected chi connectivity index (χ3v) is 3.00. The van der Waals surface area contributed by atoms with E-state index in [4.69, 9.17) is 9.47 Å². The second-order valence-electron chi connectivity index (χ2n) is 4.55. The van der Waals surface area contributed by atoms with Gasteiger partial charge < -0.3 is 14.4 Å². The molecule has 0 bridgehead atoms. The molecule has 0 saturated heterocycles. The topological polar surface area (TPSA) is 34.6 Å². The van der Waals surface area contributed by atoms with Crippen LogP contribution in [-0.4, -0.2) is 32.4 Å². The highest BCUT2D eigenvalue weighted by Crippen LogP contribution is 2.19. The van der Waals surface area contributed by atoms with Gasteiger partial charge in [-0.1, -0.05) is 0 Å². The summed E-state index contributed by atoms with van der Waals surface area (Å²) in [6, 6.07) is 12.1. The molecule has 0 fully saturated rings. The van der Waals surface area contributed by atoms with Crippen molar-refractivity contribution in [1.29, 1.82) is 0 Å². The van der Waals surface area contributed by atoms with Crippen molar-refractivity contribution >= 4 is 5.69 Å². The average Bonchev–Trinajstić information content (AvgIpc) is 2.49. The van der Waals surface area contributed by atoms with Crippen LogP contribution in [0.3, 0.4) is 0 Å². The first-order chi connectivity index (χ1) is 9.79. The number of methoxy groups -OCH3 is 1. The van der Waals surface area contributed by atoms with Crippen molar-refractivity contribution in [2.45, 2.75) is 6.54 Å². The molecule has 1 heterocycles. The van der Waals surface area contributed by atoms with Gasteiger partial charge in [-0.2, -0.15) is 0 Å². The van der Waals surface area contributed by atoms with Crippen LogP contribution < -0.4 is 9.64 Å². The first-order valence-electron chi connectivity index (χ1n) is 6.61. The smallest absolute Gasteiger partial charge is 0.119 e. The number of rotatable bonds is 7. The van der Waals surface area contributed by atoms with E-state index in [1.807, 2.05) is 36.7 Å². The van der Waals surface area contributed by atoms with Crippen LogP contribution >= 0.6 is 0 Å². The molecule has 4 heteroatoms. The van der Waals surface area contributed by atoms with Crippen molar-refractivity contribution in [1.82, 2.24) is 4.98 Å². The molecule has 0 amide bonds. The Morgan fingerprint density at radius 3 is 2.35 bits per heavy atom. The molecule has 2 rings (SSSR count). The minimum Gasteiger partial charge on any atom is -0.491 e. The van der Waals surface area contributed by atoms with Crippen LogP contribution in [0.15, 0.2) is 48.8 Å². The summed E-state index contributed by atoms with van der Waals surface area (Å²) >= 11 is 0. The Kier molecular flexibility index (Phi) is 5.38. The van der Waals surface area contributed by atoms with Gasteiger partial charge in [0.25, 0.3) is 0 Å². The average molecular weight is 272 g/mol. The molecule has 106 valence electrons. The zero-order chi connectivity index (χ0) is 14.2. The third-order valence-electron chi connectivity index (χ3n) is 3.00. The number of nitrogens with zero attached hydrogens (tertiary/aromatic N) is 2. The zero-order valence-electron chi connectivity index (χ0n) is 12.0. The Morgan fingerprint density at radius 1 is 1.00 bits per heavy atom. The lowest BCUT2D eigenvalue weighted by molar-refractivity contribution is 0.146. The minimum atomic E-state index is 0.572. The molecule has 1 aromatic heterocycles. The third kappa shape index (κ3) is 4.24. The van der Waals surface area contributed by atoms with Crippen LogP contribution in [0, 0.1) is 0 Å². The number of aromatic nitrogens is 1. The number of pyridine rings is 1. The molecule has 0 spiro atoms. The number of benzene rings is 1. The standard InChI is InChI=1S/C16H20N2O2/c1-18(13-14-7-9-17-10-8-14)15-3-5-16(6-4-15)20-12-11-19-2/h3-10H,11-13H2,1-2H3. The quantitative estimate of drug-likeness (QED) is 0.726. The van der Waals surface area contributed by atoms with Crippen LogP contribution in [0.25, 0.3) is 0 Å². The normalized spacial score (nSPS) is 10.3. The van der Waals surface area contributed by atoms with Gasteiger partial charge in [-0.15, -0.1) is 0 Å². The van der Waals surface area contributed by atoms with E-state index in [1.54, 1.807) is 7.11 Å². The Bertz CT molecular complexity index is 500. The maximum absolute atomic E-state index is 5.55. The maximum atomic E-state index is 5.55. The fraction of sp³-hybridized carbons (Fsp3) is 0.312. The SMILES string of the molecule is COCCOc1ccc(N(C)Cc2ccncc2)cc1. The highest BCUT2D eigenvalue weighted by Gasteiger charge is 2.02. The predicted molar refractivity (Wildman–Crippen MR) is 80.2 cm³/mol. The van der Waals surface area contributed by atoms with Crippen LogP contribution in [-0.2, 0) is 11.3 Å². The van der Waals surface area contributed by atoms with E-state index >= 15 is 0 Å². The first-order valence-corrected chi connectivity index (χ1v) is 6.61. The summed E-state index contributed by atoms with van der Waals surface area (Å²) in [5.74, 6) is 0.864. The van der Waals surface area contributed by atoms with E-state index < -0.39 is 0 Å². The van der Waals surface area contributed by atoms with Gasteiger partial charge in [0, 0.05) is 38.8 Å². The summed E-state index contributed by atoms with van der Waals surface area (Å²) in [6.07, 6.45) is 3.63. The summed E-state index contributed by atoms with van der Waals surface area (Å²) in [7, 11) is 3.74. The summed E-state index contributed by atoms with van der Waals surface area (Å²) in [6.45, 7) is 2.03. The molecule has 2 aromatic rings. The monoisotopic (exact) mass is 272 g/mol. The van der Waals surface area contributed by atoms with E-state index in [2.05, 4.69) is 29.1 Å². The Labute approximate surface area is 120 Å². The predicted octanol–water partition coefficient (Wildman–Crippen LogP) is 2.74. The lowest BCUT2D eigenvalue weighted by Gasteiger charge is -2.19. The number of hydrogen-bond donors (Lipinski definition) is 0. The second-order valence-corrected chi connectivity index (χ2v) is 4.55. The van der Waals surface area contributed by atoms with E-state index in [0.29, 0.717) is 13.2 Å². The van der Waals surface area contributed by atoms with E-state index in [1.165, 1.54) is 5.56 Å². The van der Waals surface area contributed by atoms with Crippen LogP contribution in [0.4, 0.5) is 5.69 Å².